The van der Waals surface area contributed by atoms with Crippen molar-refractivity contribution in [3.05, 3.63) is 23.8 Å². The normalized spacial score (nSPS) is 16.7. The molecule has 1 unspecified atom stereocenters. The molecule has 0 saturated heterocycles. The lowest BCUT2D eigenvalue weighted by Gasteiger charge is -2.25. The minimum atomic E-state index is 0. The molecule has 1 aliphatic heterocycles. The van der Waals surface area contributed by atoms with E-state index in [-0.39, 0.29) is 24.0 Å². The van der Waals surface area contributed by atoms with Gasteiger partial charge in [0.25, 0.3) is 0 Å². The predicted molar refractivity (Wildman–Crippen MR) is 111 cm³/mol. The molecule has 1 aliphatic rings. The van der Waals surface area contributed by atoms with Gasteiger partial charge in [-0.1, -0.05) is 13.8 Å². The Bertz CT molecular complexity index is 721. The summed E-state index contributed by atoms with van der Waals surface area (Å²) in [4.78, 5) is 8.89. The summed E-state index contributed by atoms with van der Waals surface area (Å²) in [6, 6.07) is 0.311. The number of hydrogen-bond donors (Lipinski definition) is 2. The highest BCUT2D eigenvalue weighted by molar-refractivity contribution is 14.0. The van der Waals surface area contributed by atoms with Crippen LogP contribution in [0.3, 0.4) is 0 Å². The minimum absolute atomic E-state index is 0. The van der Waals surface area contributed by atoms with Crippen molar-refractivity contribution in [3.8, 4) is 0 Å². The van der Waals surface area contributed by atoms with E-state index >= 15 is 0 Å². The fraction of sp³-hybridized carbons (Fsp3) is 0.688. The van der Waals surface area contributed by atoms with E-state index in [1.807, 2.05) is 4.68 Å². The zero-order valence-electron chi connectivity index (χ0n) is 15.6. The second-order valence-corrected chi connectivity index (χ2v) is 6.15. The lowest BCUT2D eigenvalue weighted by molar-refractivity contribution is 0.392. The van der Waals surface area contributed by atoms with Crippen molar-refractivity contribution in [2.24, 2.45) is 4.99 Å². The second kappa shape index (κ2) is 9.83. The summed E-state index contributed by atoms with van der Waals surface area (Å²) in [5.74, 6) is 3.84. The van der Waals surface area contributed by atoms with Gasteiger partial charge < -0.3 is 15.2 Å². The van der Waals surface area contributed by atoms with Gasteiger partial charge in [-0.25, -0.2) is 9.67 Å². The number of rotatable bonds is 6. The van der Waals surface area contributed by atoms with Gasteiger partial charge in [0.2, 0.25) is 0 Å². The molecule has 1 atom stereocenters. The van der Waals surface area contributed by atoms with Crippen molar-refractivity contribution in [1.29, 1.82) is 0 Å². The Morgan fingerprint density at radius 1 is 1.35 bits per heavy atom. The number of halogens is 1. The summed E-state index contributed by atoms with van der Waals surface area (Å²) < 4.78 is 4.09. The molecule has 0 spiro atoms. The van der Waals surface area contributed by atoms with E-state index in [1.54, 1.807) is 13.4 Å². The van der Waals surface area contributed by atoms with Crippen LogP contribution in [0.1, 0.15) is 37.7 Å². The minimum Gasteiger partial charge on any atom is -0.355 e. The van der Waals surface area contributed by atoms with Gasteiger partial charge in [0.05, 0.1) is 6.54 Å². The Kier molecular flexibility index (Phi) is 7.79. The Balaban J connectivity index is 0.00000243. The maximum atomic E-state index is 4.56. The van der Waals surface area contributed by atoms with Crippen molar-refractivity contribution < 1.29 is 0 Å². The van der Waals surface area contributed by atoms with Crippen LogP contribution in [-0.2, 0) is 32.4 Å². The molecule has 0 aliphatic carbocycles. The molecule has 3 rings (SSSR count). The first-order valence-corrected chi connectivity index (χ1v) is 8.99. The number of aryl methyl sites for hydroxylation is 3. The van der Waals surface area contributed by atoms with Gasteiger partial charge in [-0.3, -0.25) is 4.99 Å². The third-order valence-electron chi connectivity index (χ3n) is 4.44. The summed E-state index contributed by atoms with van der Waals surface area (Å²) in [7, 11) is 1.80. The largest absolute Gasteiger partial charge is 0.355 e. The third kappa shape index (κ3) is 4.92. The molecule has 0 bridgehead atoms. The average molecular weight is 473 g/mol. The SMILES string of the molecule is CCc1nc2n(n1)CC(NC(=NC)NCCn1cnnc1CC)CC2.I. The summed E-state index contributed by atoms with van der Waals surface area (Å²) in [6.07, 6.45) is 5.52. The van der Waals surface area contributed by atoms with Gasteiger partial charge in [0.15, 0.2) is 11.8 Å². The highest BCUT2D eigenvalue weighted by atomic mass is 127. The van der Waals surface area contributed by atoms with E-state index in [4.69, 9.17) is 0 Å². The van der Waals surface area contributed by atoms with E-state index < -0.39 is 0 Å². The smallest absolute Gasteiger partial charge is 0.191 e. The van der Waals surface area contributed by atoms with Crippen LogP contribution in [0.4, 0.5) is 0 Å². The van der Waals surface area contributed by atoms with E-state index in [0.29, 0.717) is 6.04 Å². The van der Waals surface area contributed by atoms with Crippen LogP contribution in [0, 0.1) is 0 Å². The maximum Gasteiger partial charge on any atom is 0.191 e. The van der Waals surface area contributed by atoms with E-state index in [1.165, 1.54) is 0 Å². The molecule has 0 fully saturated rings. The summed E-state index contributed by atoms with van der Waals surface area (Å²) in [5.41, 5.74) is 0. The molecule has 3 heterocycles. The Hall–Kier alpha value is -1.72. The Morgan fingerprint density at radius 2 is 2.19 bits per heavy atom. The predicted octanol–water partition coefficient (Wildman–Crippen LogP) is 0.792. The number of fused-ring (bicyclic) bond motifs is 1. The molecule has 0 aromatic carbocycles. The lowest BCUT2D eigenvalue weighted by atomic mass is 10.1. The summed E-state index contributed by atoms with van der Waals surface area (Å²) in [5, 5.41) is 19.5. The number of hydrogen-bond acceptors (Lipinski definition) is 5. The van der Waals surface area contributed by atoms with Gasteiger partial charge >= 0.3 is 0 Å². The van der Waals surface area contributed by atoms with Gasteiger partial charge in [0.1, 0.15) is 18.0 Å². The topological polar surface area (TPSA) is 97.8 Å². The van der Waals surface area contributed by atoms with Crippen LogP contribution < -0.4 is 10.6 Å². The van der Waals surface area contributed by atoms with Crippen LogP contribution in [0.15, 0.2) is 11.3 Å². The second-order valence-electron chi connectivity index (χ2n) is 6.15. The van der Waals surface area contributed by atoms with Crippen LogP contribution in [0.2, 0.25) is 0 Å². The van der Waals surface area contributed by atoms with E-state index in [9.17, 15) is 0 Å². The highest BCUT2D eigenvalue weighted by Gasteiger charge is 2.21. The standard InChI is InChI=1S/C16H27N9.HI/c1-4-13-21-15-7-6-12(10-25(15)23-13)20-16(17-3)18-8-9-24-11-19-22-14(24)5-2;/h11-12H,4-10H2,1-3H3,(H2,17,18,20);1H. The number of nitrogens with zero attached hydrogens (tertiary/aromatic N) is 7. The fourth-order valence-corrected chi connectivity index (χ4v) is 3.05. The number of guanidine groups is 1. The maximum absolute atomic E-state index is 4.56. The molecular weight excluding hydrogens is 445 g/mol. The number of aliphatic imine (C=N–C) groups is 1. The van der Waals surface area contributed by atoms with Crippen molar-refractivity contribution in [2.45, 2.75) is 58.7 Å². The quantitative estimate of drug-likeness (QED) is 0.366. The Morgan fingerprint density at radius 3 is 2.92 bits per heavy atom. The Labute approximate surface area is 171 Å². The molecular formula is C16H28IN9. The lowest BCUT2D eigenvalue weighted by Crippen LogP contribution is -2.47. The molecule has 2 aromatic rings. The van der Waals surface area contributed by atoms with Crippen LogP contribution in [-0.4, -0.2) is 55.1 Å². The molecule has 2 aromatic heterocycles. The van der Waals surface area contributed by atoms with Crippen LogP contribution in [0.5, 0.6) is 0 Å². The summed E-state index contributed by atoms with van der Waals surface area (Å²) in [6.45, 7) is 6.58. The molecule has 0 saturated carbocycles. The van der Waals surface area contributed by atoms with Crippen molar-refractivity contribution >= 4 is 29.9 Å². The van der Waals surface area contributed by atoms with Gasteiger partial charge in [-0.2, -0.15) is 5.10 Å². The van der Waals surface area contributed by atoms with E-state index in [2.05, 4.69) is 54.3 Å². The zero-order chi connectivity index (χ0) is 17.6. The molecule has 0 radical (unpaired) electrons. The van der Waals surface area contributed by atoms with Crippen LogP contribution >= 0.6 is 24.0 Å². The molecule has 26 heavy (non-hydrogen) atoms. The zero-order valence-corrected chi connectivity index (χ0v) is 18.0. The van der Waals surface area contributed by atoms with Crippen molar-refractivity contribution in [2.75, 3.05) is 13.6 Å². The van der Waals surface area contributed by atoms with Gasteiger partial charge in [0, 0.05) is 45.4 Å². The first-order chi connectivity index (χ1) is 12.2. The first kappa shape index (κ1) is 20.6. The van der Waals surface area contributed by atoms with Crippen molar-refractivity contribution in [1.82, 2.24) is 40.2 Å². The molecule has 144 valence electrons. The van der Waals surface area contributed by atoms with Crippen LogP contribution in [0.25, 0.3) is 0 Å². The third-order valence-corrected chi connectivity index (χ3v) is 4.44. The molecule has 2 N–H and O–H groups in total. The van der Waals surface area contributed by atoms with E-state index in [0.717, 1.165) is 68.8 Å². The van der Waals surface area contributed by atoms with Gasteiger partial charge in [-0.15, -0.1) is 34.2 Å². The average Bonchev–Trinajstić information content (AvgIpc) is 3.26. The molecule has 9 nitrogen and oxygen atoms in total. The highest BCUT2D eigenvalue weighted by Crippen LogP contribution is 2.13. The monoisotopic (exact) mass is 473 g/mol. The fourth-order valence-electron chi connectivity index (χ4n) is 3.05. The molecule has 0 amide bonds. The number of aromatic nitrogens is 6. The molecule has 10 heteroatoms. The number of nitrogens with one attached hydrogen (secondary N) is 2. The first-order valence-electron chi connectivity index (χ1n) is 8.99. The van der Waals surface area contributed by atoms with Crippen molar-refractivity contribution in [3.63, 3.8) is 0 Å². The van der Waals surface area contributed by atoms with Gasteiger partial charge in [-0.05, 0) is 6.42 Å². The summed E-state index contributed by atoms with van der Waals surface area (Å²) >= 11 is 0.